The molecule has 0 amide bonds. The quantitative estimate of drug-likeness (QED) is 0.0642. The van der Waals surface area contributed by atoms with E-state index >= 15 is 0 Å². The summed E-state index contributed by atoms with van der Waals surface area (Å²) in [6.07, 6.45) is 11.7. The summed E-state index contributed by atoms with van der Waals surface area (Å²) >= 11 is 5.09. The molecule has 0 fully saturated rings. The summed E-state index contributed by atoms with van der Waals surface area (Å²) in [6.45, 7) is 19.7. The Kier molecular flexibility index (Phi) is 22.3. The molecule has 0 spiro atoms. The smallest absolute Gasteiger partial charge is 0.160 e. The number of ether oxygens (including phenoxy) is 3. The Morgan fingerprint density at radius 2 is 0.879 bits per heavy atom. The van der Waals surface area contributed by atoms with Gasteiger partial charge in [-0.2, -0.15) is 0 Å². The summed E-state index contributed by atoms with van der Waals surface area (Å²) < 4.78 is 19.7. The molecule has 0 aliphatic carbocycles. The topological polar surface area (TPSA) is 27.7 Å². The van der Waals surface area contributed by atoms with E-state index in [1.807, 2.05) is 0 Å². The van der Waals surface area contributed by atoms with Crippen LogP contribution in [0.4, 0.5) is 0 Å². The molecule has 3 nitrogen and oxygen atoms in total. The van der Waals surface area contributed by atoms with E-state index in [0.29, 0.717) is 13.2 Å². The van der Waals surface area contributed by atoms with Gasteiger partial charge in [0.15, 0.2) is 12.6 Å². The summed E-state index contributed by atoms with van der Waals surface area (Å²) in [6, 6.07) is 0. The van der Waals surface area contributed by atoms with E-state index < -0.39 is 0 Å². The molecular formula is C28H56I2O3. The van der Waals surface area contributed by atoms with Crippen molar-refractivity contribution in [3.8, 4) is 0 Å². The predicted molar refractivity (Wildman–Crippen MR) is 162 cm³/mol. The van der Waals surface area contributed by atoms with Gasteiger partial charge in [-0.3, -0.25) is 0 Å². The first-order chi connectivity index (χ1) is 15.6. The van der Waals surface area contributed by atoms with Crippen LogP contribution in [0.25, 0.3) is 0 Å². The third-order valence-electron chi connectivity index (χ3n) is 6.35. The molecule has 8 atom stereocenters. The summed E-state index contributed by atoms with van der Waals surface area (Å²) in [7, 11) is 0. The first-order valence-electron chi connectivity index (χ1n) is 13.7. The van der Waals surface area contributed by atoms with Gasteiger partial charge in [-0.25, -0.2) is 0 Å². The van der Waals surface area contributed by atoms with Crippen molar-refractivity contribution in [2.75, 3.05) is 13.2 Å². The Morgan fingerprint density at radius 3 is 1.18 bits per heavy atom. The van der Waals surface area contributed by atoms with Crippen molar-refractivity contribution in [2.45, 2.75) is 140 Å². The lowest BCUT2D eigenvalue weighted by atomic mass is 9.90. The number of alkyl halides is 2. The van der Waals surface area contributed by atoms with Crippen molar-refractivity contribution in [3.05, 3.63) is 0 Å². The van der Waals surface area contributed by atoms with E-state index in [9.17, 15) is 0 Å². The molecule has 0 aromatic carbocycles. The Morgan fingerprint density at radius 1 is 0.515 bits per heavy atom. The maximum Gasteiger partial charge on any atom is 0.160 e. The van der Waals surface area contributed by atoms with Crippen LogP contribution in [0.15, 0.2) is 0 Å². The van der Waals surface area contributed by atoms with Crippen molar-refractivity contribution in [1.82, 2.24) is 0 Å². The lowest BCUT2D eigenvalue weighted by molar-refractivity contribution is -0.247. The number of hydrogen-bond acceptors (Lipinski definition) is 3. The lowest BCUT2D eigenvalue weighted by Gasteiger charge is -2.26. The zero-order chi connectivity index (χ0) is 25.2. The average molecular weight is 695 g/mol. The molecule has 0 aliphatic rings. The van der Waals surface area contributed by atoms with Crippen molar-refractivity contribution in [3.63, 3.8) is 0 Å². The fraction of sp³-hybridized carbons (Fsp3) is 1.00. The largest absolute Gasteiger partial charge is 0.353 e. The number of rotatable bonds is 22. The number of halogens is 2. The minimum absolute atomic E-state index is 0.145. The normalized spacial score (nSPS) is 19.5. The molecule has 0 bridgehead atoms. The van der Waals surface area contributed by atoms with Gasteiger partial charge in [0.2, 0.25) is 0 Å². The zero-order valence-corrected chi connectivity index (χ0v) is 27.4. The molecule has 0 saturated heterocycles. The molecule has 0 aliphatic heterocycles. The molecule has 5 heteroatoms. The molecule has 8 unspecified atom stereocenters. The maximum absolute atomic E-state index is 6.32. The van der Waals surface area contributed by atoms with E-state index in [1.54, 1.807) is 0 Å². The molecule has 0 saturated carbocycles. The van der Waals surface area contributed by atoms with Crippen molar-refractivity contribution in [1.29, 1.82) is 0 Å². The summed E-state index contributed by atoms with van der Waals surface area (Å²) in [4.78, 5) is 0. The van der Waals surface area contributed by atoms with Crippen LogP contribution in [-0.2, 0) is 14.2 Å². The molecule has 0 N–H and O–H groups in total. The molecule has 0 aromatic rings. The minimum Gasteiger partial charge on any atom is -0.353 e. The highest BCUT2D eigenvalue weighted by atomic mass is 127. The van der Waals surface area contributed by atoms with E-state index in [-0.39, 0.29) is 12.6 Å². The van der Waals surface area contributed by atoms with Crippen LogP contribution in [0.1, 0.15) is 120 Å². The first kappa shape index (κ1) is 34.3. The van der Waals surface area contributed by atoms with Crippen LogP contribution >= 0.6 is 45.2 Å². The summed E-state index contributed by atoms with van der Waals surface area (Å²) in [5.74, 6) is 3.14. The molecule has 33 heavy (non-hydrogen) atoms. The van der Waals surface area contributed by atoms with E-state index in [2.05, 4.69) is 101 Å². The van der Waals surface area contributed by atoms with E-state index in [1.165, 1.54) is 38.5 Å². The highest BCUT2D eigenvalue weighted by Gasteiger charge is 2.19. The van der Waals surface area contributed by atoms with Gasteiger partial charge in [0.25, 0.3) is 0 Å². The van der Waals surface area contributed by atoms with Crippen LogP contribution in [0.3, 0.4) is 0 Å². The minimum atomic E-state index is -0.145. The Balaban J connectivity index is 4.39. The molecule has 0 aromatic heterocycles. The third kappa shape index (κ3) is 21.2. The summed E-state index contributed by atoms with van der Waals surface area (Å²) in [5.41, 5.74) is 0. The van der Waals surface area contributed by atoms with Gasteiger partial charge in [0.05, 0.1) is 0 Å². The lowest BCUT2D eigenvalue weighted by Crippen LogP contribution is -2.27. The molecule has 0 radical (unpaired) electrons. The van der Waals surface area contributed by atoms with Crippen molar-refractivity contribution < 1.29 is 14.2 Å². The van der Waals surface area contributed by atoms with Crippen LogP contribution in [0, 0.1) is 23.7 Å². The van der Waals surface area contributed by atoms with Crippen molar-refractivity contribution in [2.24, 2.45) is 23.7 Å². The van der Waals surface area contributed by atoms with Crippen LogP contribution in [-0.4, -0.2) is 33.6 Å². The molecule has 200 valence electrons. The second kappa shape index (κ2) is 21.4. The summed E-state index contributed by atoms with van der Waals surface area (Å²) in [5, 5.41) is 0. The Bertz CT molecular complexity index is 395. The molecule has 0 heterocycles. The van der Waals surface area contributed by atoms with Gasteiger partial charge in [-0.1, -0.05) is 99.6 Å². The SMILES string of the molecule is CCOC(CCCC(C)CC(C)CC(C)I)OC(CCCC(C)CC(C)CC(C)I)OCC. The monoisotopic (exact) mass is 694 g/mol. The van der Waals surface area contributed by atoms with Gasteiger partial charge in [0.1, 0.15) is 0 Å². The molecular weight excluding hydrogens is 638 g/mol. The fourth-order valence-electron chi connectivity index (χ4n) is 5.10. The Labute approximate surface area is 234 Å². The van der Waals surface area contributed by atoms with E-state index in [4.69, 9.17) is 14.2 Å². The highest BCUT2D eigenvalue weighted by Crippen LogP contribution is 2.26. The standard InChI is InChI=1S/C28H56I2O3/c1-9-31-27(15-11-13-21(3)17-23(5)19-25(7)29)33-28(32-10-2)16-12-14-22(4)18-24(6)20-26(8)30/h21-28H,9-20H2,1-8H3. The third-order valence-corrected chi connectivity index (χ3v) is 7.36. The second-order valence-corrected chi connectivity index (χ2v) is 14.9. The molecule has 0 rings (SSSR count). The highest BCUT2D eigenvalue weighted by molar-refractivity contribution is 14.1. The van der Waals surface area contributed by atoms with Crippen LogP contribution in [0.5, 0.6) is 0 Å². The second-order valence-electron chi connectivity index (χ2n) is 10.7. The zero-order valence-electron chi connectivity index (χ0n) is 23.1. The predicted octanol–water partition coefficient (Wildman–Crippen LogP) is 9.82. The van der Waals surface area contributed by atoms with Gasteiger partial charge in [-0.15, -0.1) is 0 Å². The fourth-order valence-corrected chi connectivity index (χ4v) is 6.84. The van der Waals surface area contributed by atoms with E-state index in [0.717, 1.165) is 57.2 Å². The van der Waals surface area contributed by atoms with Crippen LogP contribution in [0.2, 0.25) is 0 Å². The Hall–Kier alpha value is 1.34. The number of hydrogen-bond donors (Lipinski definition) is 0. The van der Waals surface area contributed by atoms with Crippen molar-refractivity contribution >= 4 is 45.2 Å². The first-order valence-corrected chi connectivity index (χ1v) is 16.2. The van der Waals surface area contributed by atoms with Crippen LogP contribution < -0.4 is 0 Å². The van der Waals surface area contributed by atoms with Gasteiger partial charge >= 0.3 is 0 Å². The van der Waals surface area contributed by atoms with Gasteiger partial charge < -0.3 is 14.2 Å². The maximum atomic E-state index is 6.32. The van der Waals surface area contributed by atoms with Gasteiger partial charge in [-0.05, 0) is 88.9 Å². The van der Waals surface area contributed by atoms with Gasteiger partial charge in [0, 0.05) is 21.1 Å². The average Bonchev–Trinajstić information content (AvgIpc) is 2.66.